The Morgan fingerprint density at radius 2 is 2.14 bits per heavy atom. The molecule has 1 unspecified atom stereocenters. The number of hydrogen-bond acceptors (Lipinski definition) is 4. The minimum atomic E-state index is -2.49. The molecule has 2 rings (SSSR count). The average molecular weight is 253 g/mol. The fraction of sp³-hybridized carbons (Fsp3) is 0.250. The number of fused-ring (bicyclic) bond motifs is 1. The molecule has 0 fully saturated rings. The lowest BCUT2D eigenvalue weighted by atomic mass is 10.2. The van der Waals surface area contributed by atoms with Gasteiger partial charge in [-0.15, -0.1) is 12.4 Å². The van der Waals surface area contributed by atoms with Crippen LogP contribution in [-0.4, -0.2) is 7.11 Å². The first-order valence-electron chi connectivity index (χ1n) is 3.81. The molecule has 0 aliphatic carbocycles. The molecule has 1 aliphatic rings. The van der Waals surface area contributed by atoms with E-state index in [0.29, 0.717) is 6.61 Å². The van der Waals surface area contributed by atoms with Gasteiger partial charge in [0.1, 0.15) is 5.75 Å². The van der Waals surface area contributed by atoms with Gasteiger partial charge in [0.2, 0.25) is 0 Å². The maximum atomic E-state index is 5.45. The minimum Gasteiger partial charge on any atom is -0.424 e. The Kier molecular flexibility index (Phi) is 3.93. The van der Waals surface area contributed by atoms with Crippen molar-refractivity contribution < 1.29 is 13.6 Å². The molecule has 0 saturated carbocycles. The Bertz CT molecular complexity index is 371. The molecular weight excluding hydrogens is 243 g/mol. The van der Waals surface area contributed by atoms with E-state index in [2.05, 4.69) is 0 Å². The Labute approximate surface area is 94.0 Å². The van der Waals surface area contributed by atoms with Crippen LogP contribution >= 0.6 is 19.1 Å². The van der Waals surface area contributed by atoms with Crippen LogP contribution in [0.2, 0.25) is 0 Å². The van der Waals surface area contributed by atoms with E-state index in [9.17, 15) is 0 Å². The number of para-hydroxylation sites is 1. The van der Waals surface area contributed by atoms with E-state index in [1.165, 1.54) is 7.11 Å². The SMILES string of the molecule is COP1(=S)OCc2ccccc2O1.Cl. The highest BCUT2D eigenvalue weighted by Gasteiger charge is 2.26. The van der Waals surface area contributed by atoms with E-state index < -0.39 is 6.72 Å². The Hall–Kier alpha value is -0.120. The summed E-state index contributed by atoms with van der Waals surface area (Å²) in [5, 5.41) is 0. The fourth-order valence-corrected chi connectivity index (χ4v) is 2.45. The van der Waals surface area contributed by atoms with E-state index >= 15 is 0 Å². The van der Waals surface area contributed by atoms with Gasteiger partial charge in [-0.1, -0.05) is 18.2 Å². The third-order valence-corrected chi connectivity index (χ3v) is 4.08. The van der Waals surface area contributed by atoms with Crippen molar-refractivity contribution >= 4 is 30.9 Å². The zero-order valence-corrected chi connectivity index (χ0v) is 10.0. The van der Waals surface area contributed by atoms with E-state index in [1.807, 2.05) is 24.3 Å². The molecule has 14 heavy (non-hydrogen) atoms. The zero-order valence-electron chi connectivity index (χ0n) is 7.50. The number of hydrogen-bond donors (Lipinski definition) is 0. The van der Waals surface area contributed by atoms with Gasteiger partial charge in [-0.3, -0.25) is 4.52 Å². The van der Waals surface area contributed by atoms with Crippen LogP contribution < -0.4 is 4.52 Å². The van der Waals surface area contributed by atoms with Gasteiger partial charge in [0.05, 0.1) is 6.61 Å². The molecule has 0 aromatic heterocycles. The van der Waals surface area contributed by atoms with E-state index in [4.69, 9.17) is 25.4 Å². The first-order valence-corrected chi connectivity index (χ1v) is 6.37. The normalized spacial score (nSPS) is 24.4. The lowest BCUT2D eigenvalue weighted by Crippen LogP contribution is -2.07. The molecule has 1 aliphatic heterocycles. The average Bonchev–Trinajstić information content (AvgIpc) is 2.18. The summed E-state index contributed by atoms with van der Waals surface area (Å²) in [5.74, 6) is 0.777. The summed E-state index contributed by atoms with van der Waals surface area (Å²) in [6.07, 6.45) is 0. The third-order valence-electron chi connectivity index (χ3n) is 1.78. The fourth-order valence-electron chi connectivity index (χ4n) is 1.10. The lowest BCUT2D eigenvalue weighted by Gasteiger charge is -2.26. The second kappa shape index (κ2) is 4.60. The summed E-state index contributed by atoms with van der Waals surface area (Å²) in [4.78, 5) is 0. The molecule has 0 bridgehead atoms. The van der Waals surface area contributed by atoms with Crippen molar-refractivity contribution in [3.8, 4) is 5.75 Å². The summed E-state index contributed by atoms with van der Waals surface area (Å²) in [6.45, 7) is -2.02. The van der Waals surface area contributed by atoms with Crippen LogP contribution in [0.15, 0.2) is 24.3 Å². The summed E-state index contributed by atoms with van der Waals surface area (Å²) in [5.41, 5.74) is 1.01. The van der Waals surface area contributed by atoms with Crippen LogP contribution in [-0.2, 0) is 27.5 Å². The van der Waals surface area contributed by atoms with Gasteiger partial charge >= 0.3 is 6.72 Å². The maximum Gasteiger partial charge on any atom is 0.380 e. The highest BCUT2D eigenvalue weighted by molar-refractivity contribution is 8.07. The number of benzene rings is 1. The molecule has 0 spiro atoms. The molecule has 1 aromatic rings. The van der Waals surface area contributed by atoms with Crippen molar-refractivity contribution in [1.29, 1.82) is 0 Å². The summed E-state index contributed by atoms with van der Waals surface area (Å²) in [6, 6.07) is 7.66. The van der Waals surface area contributed by atoms with Crippen molar-refractivity contribution in [2.45, 2.75) is 6.61 Å². The Morgan fingerprint density at radius 3 is 2.86 bits per heavy atom. The van der Waals surface area contributed by atoms with Gasteiger partial charge in [0.25, 0.3) is 0 Å². The highest BCUT2D eigenvalue weighted by atomic mass is 35.5. The van der Waals surface area contributed by atoms with Crippen molar-refractivity contribution in [2.75, 3.05) is 7.11 Å². The van der Waals surface area contributed by atoms with Crippen LogP contribution in [0.3, 0.4) is 0 Å². The first-order chi connectivity index (χ1) is 6.23. The second-order valence-corrected chi connectivity index (χ2v) is 5.64. The molecule has 0 saturated heterocycles. The molecule has 0 amide bonds. The minimum absolute atomic E-state index is 0. The largest absolute Gasteiger partial charge is 0.424 e. The summed E-state index contributed by atoms with van der Waals surface area (Å²) < 4.78 is 15.8. The van der Waals surface area contributed by atoms with Crippen molar-refractivity contribution in [3.05, 3.63) is 29.8 Å². The molecular formula is C8H10ClO3PS. The lowest BCUT2D eigenvalue weighted by molar-refractivity contribution is 0.203. The predicted molar refractivity (Wildman–Crippen MR) is 60.4 cm³/mol. The van der Waals surface area contributed by atoms with Crippen LogP contribution in [0.1, 0.15) is 5.56 Å². The van der Waals surface area contributed by atoms with Gasteiger partial charge in [0, 0.05) is 24.5 Å². The van der Waals surface area contributed by atoms with E-state index in [0.717, 1.165) is 11.3 Å². The Balaban J connectivity index is 0.000000980. The zero-order chi connectivity index (χ0) is 9.31. The van der Waals surface area contributed by atoms with Gasteiger partial charge in [-0.25, -0.2) is 0 Å². The second-order valence-electron chi connectivity index (χ2n) is 2.60. The maximum absolute atomic E-state index is 5.45. The molecule has 1 heterocycles. The van der Waals surface area contributed by atoms with Gasteiger partial charge in [-0.05, 0) is 6.07 Å². The van der Waals surface area contributed by atoms with Gasteiger partial charge in [-0.2, -0.15) is 0 Å². The predicted octanol–water partition coefficient (Wildman–Crippen LogP) is 2.89. The first kappa shape index (κ1) is 12.0. The molecule has 0 N–H and O–H groups in total. The molecule has 6 heteroatoms. The summed E-state index contributed by atoms with van der Waals surface area (Å²) in [7, 11) is 1.51. The van der Waals surface area contributed by atoms with Crippen molar-refractivity contribution in [1.82, 2.24) is 0 Å². The Morgan fingerprint density at radius 1 is 1.43 bits per heavy atom. The van der Waals surface area contributed by atoms with Crippen LogP contribution in [0.5, 0.6) is 5.75 Å². The van der Waals surface area contributed by atoms with Crippen molar-refractivity contribution in [3.63, 3.8) is 0 Å². The topological polar surface area (TPSA) is 27.7 Å². The monoisotopic (exact) mass is 252 g/mol. The number of halogens is 1. The van der Waals surface area contributed by atoms with E-state index in [1.54, 1.807) is 0 Å². The van der Waals surface area contributed by atoms with Crippen molar-refractivity contribution in [2.24, 2.45) is 0 Å². The molecule has 1 aromatic carbocycles. The third kappa shape index (κ3) is 2.27. The van der Waals surface area contributed by atoms with Gasteiger partial charge in [0.15, 0.2) is 0 Å². The molecule has 3 nitrogen and oxygen atoms in total. The van der Waals surface area contributed by atoms with Crippen LogP contribution in [0.4, 0.5) is 0 Å². The van der Waals surface area contributed by atoms with Crippen LogP contribution in [0, 0.1) is 0 Å². The van der Waals surface area contributed by atoms with Gasteiger partial charge < -0.3 is 9.05 Å². The van der Waals surface area contributed by atoms with Crippen LogP contribution in [0.25, 0.3) is 0 Å². The number of rotatable bonds is 1. The van der Waals surface area contributed by atoms with E-state index in [-0.39, 0.29) is 12.4 Å². The standard InChI is InChI=1S/C8H9O3PS.ClH/c1-9-12(13)10-6-7-4-2-3-5-8(7)11-12;/h2-5H,6H2,1H3;1H. The highest BCUT2D eigenvalue weighted by Crippen LogP contribution is 2.53. The smallest absolute Gasteiger partial charge is 0.380 e. The quantitative estimate of drug-likeness (QED) is 0.719. The molecule has 0 radical (unpaired) electrons. The summed E-state index contributed by atoms with van der Waals surface area (Å²) >= 11 is 5.08. The molecule has 78 valence electrons. The molecule has 1 atom stereocenters.